The van der Waals surface area contributed by atoms with Crippen LogP contribution in [0, 0.1) is 0 Å². The highest BCUT2D eigenvalue weighted by Crippen LogP contribution is 2.15. The van der Waals surface area contributed by atoms with Gasteiger partial charge in [0.1, 0.15) is 19.0 Å². The molecule has 0 aliphatic carbocycles. The lowest BCUT2D eigenvalue weighted by Gasteiger charge is -2.06. The summed E-state index contributed by atoms with van der Waals surface area (Å²) in [6, 6.07) is 6.07. The van der Waals surface area contributed by atoms with Gasteiger partial charge in [-0.05, 0) is 31.3 Å². The maximum Gasteiger partial charge on any atom is 0.240 e. The van der Waals surface area contributed by atoms with Crippen molar-refractivity contribution in [3.8, 4) is 5.75 Å². The van der Waals surface area contributed by atoms with E-state index in [-0.39, 0.29) is 11.5 Å². The van der Waals surface area contributed by atoms with Crippen molar-refractivity contribution in [2.75, 3.05) is 20.3 Å². The van der Waals surface area contributed by atoms with Crippen molar-refractivity contribution in [1.29, 1.82) is 0 Å². The second kappa shape index (κ2) is 5.80. The molecule has 0 radical (unpaired) electrons. The minimum Gasteiger partial charge on any atom is -0.491 e. The molecule has 0 bridgehead atoms. The molecule has 0 atom stereocenters. The highest BCUT2D eigenvalue weighted by Gasteiger charge is 2.10. The van der Waals surface area contributed by atoms with E-state index in [4.69, 9.17) is 10.6 Å². The molecule has 1 rings (SSSR count). The van der Waals surface area contributed by atoms with Crippen molar-refractivity contribution in [2.45, 2.75) is 4.90 Å². The Morgan fingerprint density at radius 1 is 1.25 bits per heavy atom. The van der Waals surface area contributed by atoms with Crippen molar-refractivity contribution in [3.63, 3.8) is 0 Å². The molecular formula is C9H14N2O4S. The van der Waals surface area contributed by atoms with Gasteiger partial charge in [-0.2, -0.15) is 0 Å². The molecule has 1 aromatic carbocycles. The molecule has 7 heteroatoms. The van der Waals surface area contributed by atoms with Gasteiger partial charge in [0.25, 0.3) is 0 Å². The van der Waals surface area contributed by atoms with Gasteiger partial charge >= 0.3 is 0 Å². The van der Waals surface area contributed by atoms with Gasteiger partial charge in [0.05, 0.1) is 4.90 Å². The van der Waals surface area contributed by atoms with Gasteiger partial charge in [-0.15, -0.1) is 0 Å². The van der Waals surface area contributed by atoms with Crippen molar-refractivity contribution < 1.29 is 18.0 Å². The van der Waals surface area contributed by atoms with E-state index < -0.39 is 10.0 Å². The summed E-state index contributed by atoms with van der Waals surface area (Å²) in [6.45, 7) is 0.588. The van der Waals surface area contributed by atoms with Gasteiger partial charge < -0.3 is 9.57 Å². The topological polar surface area (TPSA) is 90.7 Å². The smallest absolute Gasteiger partial charge is 0.240 e. The van der Waals surface area contributed by atoms with Crippen molar-refractivity contribution in [2.24, 2.45) is 5.90 Å². The molecule has 1 aromatic rings. The fourth-order valence-corrected chi connectivity index (χ4v) is 1.77. The first-order valence-electron chi connectivity index (χ1n) is 4.58. The maximum atomic E-state index is 11.4. The lowest BCUT2D eigenvalue weighted by Crippen LogP contribution is -2.18. The molecule has 6 nitrogen and oxygen atoms in total. The highest BCUT2D eigenvalue weighted by atomic mass is 32.2. The number of hydrogen-bond acceptors (Lipinski definition) is 5. The van der Waals surface area contributed by atoms with Crippen LogP contribution in [0.5, 0.6) is 5.75 Å². The Morgan fingerprint density at radius 3 is 2.38 bits per heavy atom. The lowest BCUT2D eigenvalue weighted by molar-refractivity contribution is 0.102. The van der Waals surface area contributed by atoms with Gasteiger partial charge in [-0.25, -0.2) is 19.0 Å². The fraction of sp³-hybridized carbons (Fsp3) is 0.333. The Morgan fingerprint density at radius 2 is 1.88 bits per heavy atom. The second-order valence-electron chi connectivity index (χ2n) is 2.90. The maximum absolute atomic E-state index is 11.4. The van der Waals surface area contributed by atoms with Crippen LogP contribution in [-0.4, -0.2) is 28.7 Å². The van der Waals surface area contributed by atoms with Crippen LogP contribution in [0.15, 0.2) is 29.2 Å². The van der Waals surface area contributed by atoms with Crippen LogP contribution in [0.3, 0.4) is 0 Å². The minimum absolute atomic E-state index is 0.192. The van der Waals surface area contributed by atoms with Crippen LogP contribution < -0.4 is 15.4 Å². The van der Waals surface area contributed by atoms with Crippen molar-refractivity contribution in [3.05, 3.63) is 24.3 Å². The predicted molar refractivity (Wildman–Crippen MR) is 58.3 cm³/mol. The summed E-state index contributed by atoms with van der Waals surface area (Å²) in [5, 5.41) is 0. The van der Waals surface area contributed by atoms with Crippen LogP contribution in [0.25, 0.3) is 0 Å². The molecule has 0 aliphatic rings. The average molecular weight is 246 g/mol. The molecule has 0 aliphatic heterocycles. The molecule has 0 amide bonds. The van der Waals surface area contributed by atoms with Crippen molar-refractivity contribution >= 4 is 10.0 Å². The molecule has 3 N–H and O–H groups in total. The predicted octanol–water partition coefficient (Wildman–Crippen LogP) is -0.136. The SMILES string of the molecule is CNS(=O)(=O)c1ccc(OCCON)cc1. The van der Waals surface area contributed by atoms with E-state index in [0.717, 1.165) is 0 Å². The molecular weight excluding hydrogens is 232 g/mol. The minimum atomic E-state index is -3.39. The summed E-state index contributed by atoms with van der Waals surface area (Å²) in [5.74, 6) is 5.39. The summed E-state index contributed by atoms with van der Waals surface area (Å²) in [6.07, 6.45) is 0. The standard InChI is InChI=1S/C9H14N2O4S/c1-11-16(12,13)9-4-2-8(3-5-9)14-6-7-15-10/h2-5,11H,6-7,10H2,1H3. The van der Waals surface area contributed by atoms with Crippen LogP contribution in [-0.2, 0) is 14.9 Å². The van der Waals surface area contributed by atoms with E-state index in [1.165, 1.54) is 19.2 Å². The van der Waals surface area contributed by atoms with Gasteiger partial charge in [-0.1, -0.05) is 0 Å². The summed E-state index contributed by atoms with van der Waals surface area (Å²) in [7, 11) is -2.03. The summed E-state index contributed by atoms with van der Waals surface area (Å²) >= 11 is 0. The monoisotopic (exact) mass is 246 g/mol. The normalized spacial score (nSPS) is 11.4. The number of nitrogens with two attached hydrogens (primary N) is 1. The van der Waals surface area contributed by atoms with Crippen molar-refractivity contribution in [1.82, 2.24) is 4.72 Å². The highest BCUT2D eigenvalue weighted by molar-refractivity contribution is 7.89. The second-order valence-corrected chi connectivity index (χ2v) is 4.78. The Hall–Kier alpha value is -1.15. The van der Waals surface area contributed by atoms with Gasteiger partial charge in [0, 0.05) is 0 Å². The van der Waals surface area contributed by atoms with E-state index in [1.807, 2.05) is 0 Å². The molecule has 0 heterocycles. The van der Waals surface area contributed by atoms with E-state index in [9.17, 15) is 8.42 Å². The van der Waals surface area contributed by atoms with Crippen LogP contribution in [0.2, 0.25) is 0 Å². The number of ether oxygens (including phenoxy) is 1. The molecule has 0 aromatic heterocycles. The van der Waals surface area contributed by atoms with E-state index in [2.05, 4.69) is 9.56 Å². The van der Waals surface area contributed by atoms with Gasteiger partial charge in [-0.3, -0.25) is 0 Å². The number of benzene rings is 1. The molecule has 0 fully saturated rings. The van der Waals surface area contributed by atoms with E-state index in [0.29, 0.717) is 12.4 Å². The third-order valence-electron chi connectivity index (χ3n) is 1.87. The zero-order chi connectivity index (χ0) is 12.0. The van der Waals surface area contributed by atoms with Gasteiger partial charge in [0.15, 0.2) is 0 Å². The average Bonchev–Trinajstić information content (AvgIpc) is 2.30. The summed E-state index contributed by atoms with van der Waals surface area (Å²) in [5.41, 5.74) is 0. The van der Waals surface area contributed by atoms with Crippen LogP contribution in [0.1, 0.15) is 0 Å². The molecule has 0 saturated carbocycles. The number of nitrogens with one attached hydrogen (secondary N) is 1. The summed E-state index contributed by atoms with van der Waals surface area (Å²) in [4.78, 5) is 4.52. The molecule has 0 spiro atoms. The van der Waals surface area contributed by atoms with E-state index >= 15 is 0 Å². The Balaban J connectivity index is 2.68. The Kier molecular flexibility index (Phi) is 4.69. The van der Waals surface area contributed by atoms with Crippen LogP contribution in [0.4, 0.5) is 0 Å². The lowest BCUT2D eigenvalue weighted by atomic mass is 10.3. The first-order chi connectivity index (χ1) is 7.60. The van der Waals surface area contributed by atoms with Gasteiger partial charge in [0.2, 0.25) is 10.0 Å². The molecule has 90 valence electrons. The van der Waals surface area contributed by atoms with Crippen LogP contribution >= 0.6 is 0 Å². The summed E-state index contributed by atoms with van der Waals surface area (Å²) < 4.78 is 30.2. The zero-order valence-corrected chi connectivity index (χ0v) is 9.66. The number of sulfonamides is 1. The molecule has 0 unspecified atom stereocenters. The zero-order valence-electron chi connectivity index (χ0n) is 8.84. The Bertz CT molecular complexity index is 416. The van der Waals surface area contributed by atoms with E-state index in [1.54, 1.807) is 12.1 Å². The Labute approximate surface area is 94.4 Å². The third-order valence-corrected chi connectivity index (χ3v) is 3.30. The number of rotatable bonds is 6. The first kappa shape index (κ1) is 12.9. The first-order valence-corrected chi connectivity index (χ1v) is 6.06. The quantitative estimate of drug-likeness (QED) is 0.538. The third kappa shape index (κ3) is 3.46. The fourth-order valence-electron chi connectivity index (χ4n) is 1.04. The largest absolute Gasteiger partial charge is 0.491 e. The molecule has 16 heavy (non-hydrogen) atoms. The number of hydrogen-bond donors (Lipinski definition) is 2. The molecule has 0 saturated heterocycles.